The lowest BCUT2D eigenvalue weighted by atomic mass is 10.1. The van der Waals surface area contributed by atoms with Crippen LogP contribution in [-0.4, -0.2) is 109 Å². The second-order valence-electron chi connectivity index (χ2n) is 10.0. The van der Waals surface area contributed by atoms with E-state index in [9.17, 15) is 4.79 Å². The molecule has 0 saturated carbocycles. The van der Waals surface area contributed by atoms with E-state index in [2.05, 4.69) is 25.4 Å². The van der Waals surface area contributed by atoms with Crippen LogP contribution in [0.3, 0.4) is 0 Å². The fraction of sp³-hybridized carbons (Fsp3) is 0.905. The molecule has 0 aromatic heterocycles. The van der Waals surface area contributed by atoms with Gasteiger partial charge in [-0.15, -0.1) is 0 Å². The van der Waals surface area contributed by atoms with Gasteiger partial charge in [0.15, 0.2) is 5.96 Å². The first-order valence-electron chi connectivity index (χ1n) is 11.1. The average Bonchev–Trinajstić information content (AvgIpc) is 2.89. The Labute approximate surface area is 181 Å². The molecule has 3 unspecified atom stereocenters. The number of nitrogens with zero attached hydrogens (tertiary/aromatic N) is 4. The second kappa shape index (κ2) is 8.88. The number of aliphatic imine (C=N–C) groups is 1. The van der Waals surface area contributed by atoms with Gasteiger partial charge in [-0.05, 0) is 41.5 Å². The molecule has 0 spiro atoms. The fourth-order valence-corrected chi connectivity index (χ4v) is 4.68. The van der Waals surface area contributed by atoms with E-state index in [0.717, 1.165) is 32.1 Å². The topological polar surface area (TPSA) is 81.7 Å². The first-order chi connectivity index (χ1) is 14.0. The van der Waals surface area contributed by atoms with E-state index in [1.165, 1.54) is 13.1 Å². The van der Waals surface area contributed by atoms with Crippen molar-refractivity contribution in [1.82, 2.24) is 25.3 Å². The molecule has 9 nitrogen and oxygen atoms in total. The molecule has 0 aromatic carbocycles. The highest BCUT2D eigenvalue weighted by Crippen LogP contribution is 2.33. The monoisotopic (exact) mass is 424 g/mol. The number of guanidine groups is 1. The molecule has 0 aromatic rings. The van der Waals surface area contributed by atoms with Gasteiger partial charge in [0.1, 0.15) is 11.3 Å². The van der Waals surface area contributed by atoms with Gasteiger partial charge in [0, 0.05) is 58.9 Å². The minimum Gasteiger partial charge on any atom is -0.444 e. The van der Waals surface area contributed by atoms with Crippen LogP contribution in [0.5, 0.6) is 0 Å². The number of ether oxygens (including phenoxy) is 2. The molecule has 0 radical (unpaired) electrons. The molecule has 4 fully saturated rings. The Morgan fingerprint density at radius 1 is 1.17 bits per heavy atom. The predicted octanol–water partition coefficient (Wildman–Crippen LogP) is 0.912. The Bertz CT molecular complexity index is 639. The number of carbonyl (C=O) groups is 1. The molecule has 0 aliphatic carbocycles. The first-order valence-corrected chi connectivity index (χ1v) is 11.1. The number of nitrogens with one attached hydrogen (secondary N) is 2. The SMILES string of the molecule is CN=C(NCC1CN2CCN1CC2)NCC1C(C)OC(C)(C)N1C(=O)OC(C)(C)C. The molecule has 4 rings (SSSR count). The summed E-state index contributed by atoms with van der Waals surface area (Å²) in [5.74, 6) is 0.744. The van der Waals surface area contributed by atoms with Crippen LogP contribution in [0.1, 0.15) is 41.5 Å². The molecule has 4 aliphatic rings. The third-order valence-electron chi connectivity index (χ3n) is 6.12. The van der Waals surface area contributed by atoms with Crippen LogP contribution >= 0.6 is 0 Å². The van der Waals surface area contributed by atoms with Crippen molar-refractivity contribution in [2.45, 2.75) is 71.1 Å². The summed E-state index contributed by atoms with van der Waals surface area (Å²) in [5, 5.41) is 6.85. The van der Waals surface area contributed by atoms with Crippen LogP contribution < -0.4 is 10.6 Å². The van der Waals surface area contributed by atoms with E-state index in [1.54, 1.807) is 11.9 Å². The van der Waals surface area contributed by atoms with E-state index < -0.39 is 11.3 Å². The molecule has 9 heteroatoms. The van der Waals surface area contributed by atoms with Crippen molar-refractivity contribution in [1.29, 1.82) is 0 Å². The van der Waals surface area contributed by atoms with Crippen LogP contribution in [0.2, 0.25) is 0 Å². The van der Waals surface area contributed by atoms with Crippen molar-refractivity contribution in [2.75, 3.05) is 52.9 Å². The fourth-order valence-electron chi connectivity index (χ4n) is 4.68. The van der Waals surface area contributed by atoms with E-state index in [1.807, 2.05) is 41.5 Å². The van der Waals surface area contributed by atoms with Crippen molar-refractivity contribution in [2.24, 2.45) is 4.99 Å². The molecule has 3 atom stereocenters. The normalized spacial score (nSPS) is 33.5. The number of carbonyl (C=O) groups excluding carboxylic acids is 1. The van der Waals surface area contributed by atoms with Crippen molar-refractivity contribution < 1.29 is 14.3 Å². The van der Waals surface area contributed by atoms with Crippen LogP contribution in [0.15, 0.2) is 4.99 Å². The zero-order valence-electron chi connectivity index (χ0n) is 19.7. The van der Waals surface area contributed by atoms with Gasteiger partial charge in [-0.1, -0.05) is 0 Å². The average molecular weight is 425 g/mol. The van der Waals surface area contributed by atoms with Gasteiger partial charge in [-0.2, -0.15) is 0 Å². The summed E-state index contributed by atoms with van der Waals surface area (Å²) in [5.41, 5.74) is -1.28. The lowest BCUT2D eigenvalue weighted by Gasteiger charge is -2.47. The summed E-state index contributed by atoms with van der Waals surface area (Å²) in [6.45, 7) is 18.6. The van der Waals surface area contributed by atoms with E-state index in [4.69, 9.17) is 9.47 Å². The molecule has 1 amide bonds. The largest absolute Gasteiger partial charge is 0.444 e. The predicted molar refractivity (Wildman–Crippen MR) is 118 cm³/mol. The van der Waals surface area contributed by atoms with Gasteiger partial charge in [0.2, 0.25) is 0 Å². The number of amides is 1. The minimum absolute atomic E-state index is 0.119. The highest BCUT2D eigenvalue weighted by molar-refractivity contribution is 5.79. The summed E-state index contributed by atoms with van der Waals surface area (Å²) in [4.78, 5) is 24.1. The zero-order valence-corrected chi connectivity index (χ0v) is 19.7. The van der Waals surface area contributed by atoms with Crippen LogP contribution in [0.4, 0.5) is 4.79 Å². The Hall–Kier alpha value is -1.58. The smallest absolute Gasteiger partial charge is 0.412 e. The van der Waals surface area contributed by atoms with Crippen molar-refractivity contribution in [3.05, 3.63) is 0 Å². The summed E-state index contributed by atoms with van der Waals surface area (Å²) >= 11 is 0. The third-order valence-corrected chi connectivity index (χ3v) is 6.12. The second-order valence-corrected chi connectivity index (χ2v) is 10.0. The first kappa shape index (κ1) is 23.1. The van der Waals surface area contributed by atoms with Gasteiger partial charge in [0.25, 0.3) is 0 Å². The van der Waals surface area contributed by atoms with Crippen LogP contribution in [0.25, 0.3) is 0 Å². The quantitative estimate of drug-likeness (QED) is 0.513. The summed E-state index contributed by atoms with van der Waals surface area (Å²) in [7, 11) is 1.77. The van der Waals surface area contributed by atoms with Gasteiger partial charge in [0.05, 0.1) is 12.1 Å². The van der Waals surface area contributed by atoms with Gasteiger partial charge < -0.3 is 20.1 Å². The summed E-state index contributed by atoms with van der Waals surface area (Å²) in [6.07, 6.45) is -0.474. The molecule has 4 aliphatic heterocycles. The number of hydrogen-bond acceptors (Lipinski definition) is 6. The molecule has 30 heavy (non-hydrogen) atoms. The van der Waals surface area contributed by atoms with Crippen molar-refractivity contribution in [3.8, 4) is 0 Å². The van der Waals surface area contributed by atoms with Crippen LogP contribution in [-0.2, 0) is 9.47 Å². The van der Waals surface area contributed by atoms with E-state index >= 15 is 0 Å². The van der Waals surface area contributed by atoms with Gasteiger partial charge in [-0.3, -0.25) is 19.7 Å². The maximum atomic E-state index is 12.9. The molecule has 4 saturated heterocycles. The zero-order chi connectivity index (χ0) is 22.1. The highest BCUT2D eigenvalue weighted by atomic mass is 16.6. The minimum atomic E-state index is -0.728. The van der Waals surface area contributed by atoms with Crippen molar-refractivity contribution in [3.63, 3.8) is 0 Å². The molecule has 2 bridgehead atoms. The molecular formula is C21H40N6O3. The lowest BCUT2D eigenvalue weighted by Crippen LogP contribution is -2.64. The lowest BCUT2D eigenvalue weighted by molar-refractivity contribution is -0.0755. The van der Waals surface area contributed by atoms with Gasteiger partial charge >= 0.3 is 6.09 Å². The summed E-state index contributed by atoms with van der Waals surface area (Å²) in [6, 6.07) is 0.353. The maximum absolute atomic E-state index is 12.9. The maximum Gasteiger partial charge on any atom is 0.412 e. The van der Waals surface area contributed by atoms with E-state index in [0.29, 0.717) is 12.6 Å². The third kappa shape index (κ3) is 5.36. The number of piperazine rings is 3. The Kier molecular flexibility index (Phi) is 6.84. The number of fused-ring (bicyclic) bond motifs is 3. The molecular weight excluding hydrogens is 384 g/mol. The summed E-state index contributed by atoms with van der Waals surface area (Å²) < 4.78 is 11.7. The van der Waals surface area contributed by atoms with Crippen molar-refractivity contribution >= 4 is 12.1 Å². The Morgan fingerprint density at radius 3 is 2.33 bits per heavy atom. The number of rotatable bonds is 4. The van der Waals surface area contributed by atoms with E-state index in [-0.39, 0.29) is 18.2 Å². The Morgan fingerprint density at radius 2 is 1.80 bits per heavy atom. The standard InChI is InChI=1S/C21H40N6O3/c1-15-17(27(21(5,6)29-15)19(28)30-20(2,3)4)13-24-18(22-7)23-12-16-14-25-8-10-26(16)11-9-25/h15-17H,8-14H2,1-7H3,(H2,22,23,24). The van der Waals surface area contributed by atoms with Gasteiger partial charge in [-0.25, -0.2) is 4.79 Å². The molecule has 2 N–H and O–H groups in total. The van der Waals surface area contributed by atoms with Crippen LogP contribution in [0, 0.1) is 0 Å². The Balaban J connectivity index is 1.56. The molecule has 172 valence electrons. The molecule has 4 heterocycles. The number of hydrogen-bond donors (Lipinski definition) is 2. The highest BCUT2D eigenvalue weighted by Gasteiger charge is 2.49.